The average molecular weight is 287 g/mol. The van der Waals surface area contributed by atoms with Crippen molar-refractivity contribution in [1.82, 2.24) is 9.55 Å². The van der Waals surface area contributed by atoms with E-state index >= 15 is 0 Å². The Morgan fingerprint density at radius 2 is 1.95 bits per heavy atom. The standard InChI is InChI=1S/C16H21N3O2/c1-19(2,3)15(16(20)21)9-14-11-18(12-17-14)10-13-7-5-4-6-8-13/h4-8,11-12,15H,9-10H2,1-3H3/t15-/m0/s1. The number of benzene rings is 1. The van der Waals surface area contributed by atoms with Crippen LogP contribution in [0.5, 0.6) is 0 Å². The van der Waals surface area contributed by atoms with Crippen LogP contribution >= 0.6 is 0 Å². The molecule has 0 aliphatic carbocycles. The highest BCUT2D eigenvalue weighted by Crippen LogP contribution is 2.11. The highest BCUT2D eigenvalue weighted by atomic mass is 16.4. The first-order valence-electron chi connectivity index (χ1n) is 6.93. The largest absolute Gasteiger partial charge is 0.544 e. The van der Waals surface area contributed by atoms with E-state index in [9.17, 15) is 9.90 Å². The summed E-state index contributed by atoms with van der Waals surface area (Å²) in [4.78, 5) is 15.6. The molecule has 1 atom stereocenters. The van der Waals surface area contributed by atoms with Gasteiger partial charge < -0.3 is 19.0 Å². The molecule has 0 N–H and O–H groups in total. The molecule has 5 nitrogen and oxygen atoms in total. The van der Waals surface area contributed by atoms with Crippen molar-refractivity contribution in [3.63, 3.8) is 0 Å². The van der Waals surface area contributed by atoms with Gasteiger partial charge in [0.2, 0.25) is 0 Å². The van der Waals surface area contributed by atoms with Crippen molar-refractivity contribution in [2.24, 2.45) is 0 Å². The van der Waals surface area contributed by atoms with E-state index in [2.05, 4.69) is 17.1 Å². The Morgan fingerprint density at radius 3 is 2.52 bits per heavy atom. The number of likely N-dealkylation sites (N-methyl/N-ethyl adjacent to an activating group) is 1. The second-order valence-corrected chi connectivity index (χ2v) is 6.18. The molecule has 0 aliphatic heterocycles. The van der Waals surface area contributed by atoms with Gasteiger partial charge in [-0.2, -0.15) is 0 Å². The van der Waals surface area contributed by atoms with Gasteiger partial charge in [0.05, 0.1) is 39.1 Å². The molecule has 1 heterocycles. The number of carbonyl (C=O) groups excluding carboxylic acids is 1. The van der Waals surface area contributed by atoms with Crippen molar-refractivity contribution in [3.8, 4) is 0 Å². The molecule has 1 aromatic heterocycles. The van der Waals surface area contributed by atoms with E-state index in [0.717, 1.165) is 12.2 Å². The molecule has 0 spiro atoms. The van der Waals surface area contributed by atoms with E-state index < -0.39 is 12.0 Å². The molecule has 2 aromatic rings. The summed E-state index contributed by atoms with van der Waals surface area (Å²) in [5, 5.41) is 11.3. The number of aliphatic carboxylic acids is 1. The van der Waals surface area contributed by atoms with Crippen molar-refractivity contribution in [2.45, 2.75) is 19.0 Å². The van der Waals surface area contributed by atoms with Crippen LogP contribution in [0.25, 0.3) is 0 Å². The Balaban J connectivity index is 2.08. The van der Waals surface area contributed by atoms with E-state index in [1.54, 1.807) is 6.33 Å². The zero-order valence-electron chi connectivity index (χ0n) is 12.7. The van der Waals surface area contributed by atoms with Crippen LogP contribution in [0.15, 0.2) is 42.9 Å². The molecule has 0 saturated heterocycles. The molecule has 0 saturated carbocycles. The molecule has 0 aliphatic rings. The topological polar surface area (TPSA) is 58.0 Å². The number of nitrogens with zero attached hydrogens (tertiary/aromatic N) is 3. The fourth-order valence-corrected chi connectivity index (χ4v) is 2.26. The number of rotatable bonds is 6. The van der Waals surface area contributed by atoms with E-state index in [-0.39, 0.29) is 0 Å². The third-order valence-electron chi connectivity index (χ3n) is 3.50. The van der Waals surface area contributed by atoms with Crippen molar-refractivity contribution >= 4 is 5.97 Å². The summed E-state index contributed by atoms with van der Waals surface area (Å²) in [7, 11) is 5.55. The summed E-state index contributed by atoms with van der Waals surface area (Å²) in [6, 6.07) is 9.47. The van der Waals surface area contributed by atoms with Gasteiger partial charge in [-0.25, -0.2) is 4.98 Å². The predicted molar refractivity (Wildman–Crippen MR) is 78.3 cm³/mol. The van der Waals surface area contributed by atoms with E-state index in [0.29, 0.717) is 10.9 Å². The fourth-order valence-electron chi connectivity index (χ4n) is 2.26. The van der Waals surface area contributed by atoms with Gasteiger partial charge in [-0.15, -0.1) is 0 Å². The molecular formula is C16H21N3O2. The van der Waals surface area contributed by atoms with Gasteiger partial charge in [-0.1, -0.05) is 30.3 Å². The number of hydrogen-bond donors (Lipinski definition) is 0. The van der Waals surface area contributed by atoms with Gasteiger partial charge >= 0.3 is 0 Å². The maximum atomic E-state index is 11.3. The smallest absolute Gasteiger partial charge is 0.134 e. The highest BCUT2D eigenvalue weighted by Gasteiger charge is 2.26. The van der Waals surface area contributed by atoms with Crippen molar-refractivity contribution < 1.29 is 14.4 Å². The van der Waals surface area contributed by atoms with E-state index in [1.165, 1.54) is 5.56 Å². The predicted octanol–water partition coefficient (Wildman–Crippen LogP) is 0.299. The second kappa shape index (κ2) is 6.10. The van der Waals surface area contributed by atoms with Crippen LogP contribution in [-0.4, -0.2) is 47.2 Å². The van der Waals surface area contributed by atoms with Gasteiger partial charge in [0.1, 0.15) is 6.04 Å². The minimum absolute atomic E-state index is 0.313. The van der Waals surface area contributed by atoms with Crippen molar-refractivity contribution in [2.75, 3.05) is 21.1 Å². The summed E-state index contributed by atoms with van der Waals surface area (Å²) in [6.45, 7) is 0.730. The number of imidazole rings is 1. The average Bonchev–Trinajstić information content (AvgIpc) is 2.83. The van der Waals surface area contributed by atoms with Crippen LogP contribution in [-0.2, 0) is 17.8 Å². The summed E-state index contributed by atoms with van der Waals surface area (Å²) in [6.07, 6.45) is 4.01. The summed E-state index contributed by atoms with van der Waals surface area (Å²) in [5.41, 5.74) is 1.96. The SMILES string of the molecule is C[N+](C)(C)[C@@H](Cc1cn(Cc2ccccc2)cn1)C(=O)[O-]. The van der Waals surface area contributed by atoms with Crippen LogP contribution in [0.3, 0.4) is 0 Å². The minimum atomic E-state index is -1.04. The van der Waals surface area contributed by atoms with Crippen molar-refractivity contribution in [1.29, 1.82) is 0 Å². The van der Waals surface area contributed by atoms with E-state index in [4.69, 9.17) is 0 Å². The van der Waals surface area contributed by atoms with Gasteiger partial charge in [0.15, 0.2) is 0 Å². The molecule has 5 heteroatoms. The molecule has 112 valence electrons. The summed E-state index contributed by atoms with van der Waals surface area (Å²) in [5.74, 6) is -1.04. The Bertz CT molecular complexity index is 599. The molecule has 2 rings (SSSR count). The van der Waals surface area contributed by atoms with Gasteiger partial charge in [-0.3, -0.25) is 0 Å². The van der Waals surface area contributed by atoms with Gasteiger partial charge in [-0.05, 0) is 5.56 Å². The lowest BCUT2D eigenvalue weighted by Crippen LogP contribution is -2.55. The summed E-state index contributed by atoms with van der Waals surface area (Å²) >= 11 is 0. The van der Waals surface area contributed by atoms with E-state index in [1.807, 2.05) is 50.1 Å². The molecule has 0 unspecified atom stereocenters. The maximum absolute atomic E-state index is 11.3. The van der Waals surface area contributed by atoms with Crippen LogP contribution in [0, 0.1) is 0 Å². The van der Waals surface area contributed by atoms with Crippen LogP contribution < -0.4 is 5.11 Å². The Labute approximate surface area is 125 Å². The normalized spacial score (nSPS) is 13.1. The third kappa shape index (κ3) is 4.16. The fraction of sp³-hybridized carbons (Fsp3) is 0.375. The third-order valence-corrected chi connectivity index (χ3v) is 3.50. The lowest BCUT2D eigenvalue weighted by molar-refractivity contribution is -0.889. The number of quaternary nitrogens is 1. The summed E-state index contributed by atoms with van der Waals surface area (Å²) < 4.78 is 2.28. The number of carboxylic acid groups (broad SMARTS) is 1. The number of hydrogen-bond acceptors (Lipinski definition) is 3. The second-order valence-electron chi connectivity index (χ2n) is 6.18. The quantitative estimate of drug-likeness (QED) is 0.718. The zero-order chi connectivity index (χ0) is 15.5. The maximum Gasteiger partial charge on any atom is 0.134 e. The van der Waals surface area contributed by atoms with Gasteiger partial charge in [0, 0.05) is 19.2 Å². The monoisotopic (exact) mass is 287 g/mol. The Morgan fingerprint density at radius 1 is 1.29 bits per heavy atom. The number of aromatic nitrogens is 2. The lowest BCUT2D eigenvalue weighted by atomic mass is 10.1. The number of carboxylic acids is 1. The molecule has 0 bridgehead atoms. The Hall–Kier alpha value is -2.14. The van der Waals surface area contributed by atoms with Gasteiger partial charge in [0.25, 0.3) is 0 Å². The van der Waals surface area contributed by atoms with Crippen molar-refractivity contribution in [3.05, 3.63) is 54.1 Å². The molecule has 1 aromatic carbocycles. The first kappa shape index (κ1) is 15.3. The van der Waals surface area contributed by atoms with Crippen LogP contribution in [0.4, 0.5) is 0 Å². The molecule has 0 radical (unpaired) electrons. The Kier molecular flexibility index (Phi) is 4.43. The highest BCUT2D eigenvalue weighted by molar-refractivity contribution is 5.70. The minimum Gasteiger partial charge on any atom is -0.544 e. The van der Waals surface area contributed by atoms with Crippen LogP contribution in [0.2, 0.25) is 0 Å². The molecular weight excluding hydrogens is 266 g/mol. The zero-order valence-corrected chi connectivity index (χ0v) is 12.7. The first-order chi connectivity index (χ1) is 9.86. The number of carbonyl (C=O) groups is 1. The molecule has 21 heavy (non-hydrogen) atoms. The lowest BCUT2D eigenvalue weighted by Gasteiger charge is -2.34. The molecule has 0 amide bonds. The van der Waals surface area contributed by atoms with Crippen LogP contribution in [0.1, 0.15) is 11.3 Å². The molecule has 0 fully saturated rings. The first-order valence-corrected chi connectivity index (χ1v) is 6.93.